The van der Waals surface area contributed by atoms with Gasteiger partial charge in [0.1, 0.15) is 11.9 Å². The molecule has 0 radical (unpaired) electrons. The quantitative estimate of drug-likeness (QED) is 0.843. The maximum Gasteiger partial charge on any atom is 0.136 e. The van der Waals surface area contributed by atoms with Crippen LogP contribution in [0.5, 0.6) is 5.75 Å². The molecule has 94 valence electrons. The van der Waals surface area contributed by atoms with Gasteiger partial charge in [-0.05, 0) is 47.1 Å². The molecule has 1 N–H and O–H groups in total. The van der Waals surface area contributed by atoms with Crippen LogP contribution < -0.4 is 4.74 Å². The molecule has 1 aliphatic rings. The first-order valence-corrected chi connectivity index (χ1v) is 7.45. The van der Waals surface area contributed by atoms with E-state index in [9.17, 15) is 5.11 Å². The van der Waals surface area contributed by atoms with Crippen LogP contribution in [0.3, 0.4) is 0 Å². The van der Waals surface area contributed by atoms with E-state index in [-0.39, 0.29) is 6.10 Å². The molecular weight excluding hydrogens is 312 g/mol. The number of hydrogen-bond acceptors (Lipinski definition) is 3. The first-order chi connectivity index (χ1) is 8.63. The van der Waals surface area contributed by atoms with Crippen molar-refractivity contribution >= 4 is 27.3 Å². The maximum atomic E-state index is 10.2. The van der Waals surface area contributed by atoms with Gasteiger partial charge in [0.2, 0.25) is 0 Å². The summed E-state index contributed by atoms with van der Waals surface area (Å²) in [6.07, 6.45) is 0.120. The van der Waals surface area contributed by atoms with Crippen molar-refractivity contribution in [1.29, 1.82) is 0 Å². The van der Waals surface area contributed by atoms with E-state index in [4.69, 9.17) is 4.74 Å². The monoisotopic (exact) mass is 324 g/mol. The van der Waals surface area contributed by atoms with E-state index in [1.54, 1.807) is 11.3 Å². The third-order valence-corrected chi connectivity index (χ3v) is 4.86. The molecule has 0 amide bonds. The Morgan fingerprint density at radius 2 is 2.17 bits per heavy atom. The fourth-order valence-electron chi connectivity index (χ4n) is 2.24. The van der Waals surface area contributed by atoms with Gasteiger partial charge >= 0.3 is 0 Å². The van der Waals surface area contributed by atoms with Crippen molar-refractivity contribution in [2.24, 2.45) is 0 Å². The molecule has 2 heterocycles. The van der Waals surface area contributed by atoms with Crippen LogP contribution in [0.4, 0.5) is 0 Å². The van der Waals surface area contributed by atoms with E-state index in [0.717, 1.165) is 25.5 Å². The van der Waals surface area contributed by atoms with Crippen LogP contribution >= 0.6 is 27.3 Å². The Bertz CT molecular complexity index is 579. The van der Waals surface area contributed by atoms with E-state index < -0.39 is 6.10 Å². The number of hydrogen-bond donors (Lipinski definition) is 1. The number of ether oxygens (including phenoxy) is 1. The number of fused-ring (bicyclic) bond motifs is 1. The van der Waals surface area contributed by atoms with Crippen LogP contribution in [0, 0.1) is 6.92 Å². The molecule has 3 rings (SSSR count). The summed E-state index contributed by atoms with van der Waals surface area (Å²) in [4.78, 5) is 1.15. The molecule has 0 bridgehead atoms. The Balaban J connectivity index is 1.94. The summed E-state index contributed by atoms with van der Waals surface area (Å²) in [5.41, 5.74) is 2.05. The predicted molar refractivity (Wildman–Crippen MR) is 76.1 cm³/mol. The van der Waals surface area contributed by atoms with Crippen molar-refractivity contribution < 1.29 is 9.84 Å². The largest absolute Gasteiger partial charge is 0.484 e. The highest BCUT2D eigenvalue weighted by atomic mass is 79.9. The average molecular weight is 325 g/mol. The van der Waals surface area contributed by atoms with Crippen LogP contribution in [-0.4, -0.2) is 5.11 Å². The molecule has 2 nitrogen and oxygen atoms in total. The lowest BCUT2D eigenvalue weighted by Crippen LogP contribution is -2.18. The van der Waals surface area contributed by atoms with Crippen molar-refractivity contribution in [3.05, 3.63) is 50.1 Å². The molecule has 0 saturated heterocycles. The third kappa shape index (κ3) is 2.20. The van der Waals surface area contributed by atoms with Gasteiger partial charge in [-0.15, -0.1) is 11.3 Å². The fraction of sp³-hybridized carbons (Fsp3) is 0.286. The molecule has 1 aliphatic heterocycles. The van der Waals surface area contributed by atoms with Crippen LogP contribution in [0.2, 0.25) is 0 Å². The van der Waals surface area contributed by atoms with Crippen molar-refractivity contribution in [3.8, 4) is 5.75 Å². The van der Waals surface area contributed by atoms with Gasteiger partial charge in [-0.25, -0.2) is 0 Å². The van der Waals surface area contributed by atoms with E-state index in [1.165, 1.54) is 0 Å². The predicted octanol–water partition coefficient (Wildman–Crippen LogP) is 4.38. The van der Waals surface area contributed by atoms with E-state index in [0.29, 0.717) is 6.42 Å². The highest BCUT2D eigenvalue weighted by Crippen LogP contribution is 2.43. The van der Waals surface area contributed by atoms with Crippen LogP contribution in [0.25, 0.3) is 0 Å². The molecule has 1 aromatic carbocycles. The Kier molecular flexibility index (Phi) is 3.18. The molecule has 0 saturated carbocycles. The summed E-state index contributed by atoms with van der Waals surface area (Å²) in [6.45, 7) is 2.02. The highest BCUT2D eigenvalue weighted by Gasteiger charge is 2.28. The normalized spacial score (nSPS) is 22.4. The summed E-state index contributed by atoms with van der Waals surface area (Å²) >= 11 is 5.11. The summed E-state index contributed by atoms with van der Waals surface area (Å²) < 4.78 is 7.07. The number of aryl methyl sites for hydroxylation is 1. The van der Waals surface area contributed by atoms with Crippen LogP contribution in [0.1, 0.15) is 34.6 Å². The second kappa shape index (κ2) is 4.68. The Morgan fingerprint density at radius 1 is 1.33 bits per heavy atom. The molecular formula is C14H13BrO2S. The van der Waals surface area contributed by atoms with Gasteiger partial charge in [0.15, 0.2) is 0 Å². The summed E-state index contributed by atoms with van der Waals surface area (Å²) in [5.74, 6) is 0.800. The first-order valence-electron chi connectivity index (χ1n) is 5.84. The number of aliphatic hydroxyl groups is 1. The number of halogens is 1. The highest BCUT2D eigenvalue weighted by molar-refractivity contribution is 9.11. The molecule has 18 heavy (non-hydrogen) atoms. The lowest BCUT2D eigenvalue weighted by atomic mass is 9.97. The molecule has 4 heteroatoms. The minimum absolute atomic E-state index is 0.0495. The molecule has 1 aromatic heterocycles. The second-order valence-electron chi connectivity index (χ2n) is 4.54. The second-order valence-corrected chi connectivity index (χ2v) is 7.04. The smallest absolute Gasteiger partial charge is 0.136 e. The SMILES string of the molecule is Cc1ccc2c(c1)[C@H](O)CC(c1ccc(Br)s1)O2. The van der Waals surface area contributed by atoms with Crippen molar-refractivity contribution in [2.45, 2.75) is 25.6 Å². The lowest BCUT2D eigenvalue weighted by Gasteiger charge is -2.29. The van der Waals surface area contributed by atoms with Gasteiger partial charge in [0.05, 0.1) is 9.89 Å². The molecule has 2 aromatic rings. The van der Waals surface area contributed by atoms with Gasteiger partial charge < -0.3 is 9.84 Å². The van der Waals surface area contributed by atoms with Gasteiger partial charge in [-0.2, -0.15) is 0 Å². The standard InChI is InChI=1S/C14H13BrO2S/c1-8-2-3-11-9(6-8)10(16)7-12(17-11)13-4-5-14(15)18-13/h2-6,10,12,16H,7H2,1H3/t10-,12?/m1/s1. The zero-order valence-corrected chi connectivity index (χ0v) is 12.3. The zero-order chi connectivity index (χ0) is 12.7. The third-order valence-electron chi connectivity index (χ3n) is 3.14. The number of thiophene rings is 1. The van der Waals surface area contributed by atoms with Crippen molar-refractivity contribution in [2.75, 3.05) is 0 Å². The molecule has 2 atom stereocenters. The van der Waals surface area contributed by atoms with E-state index in [1.807, 2.05) is 37.3 Å². The molecule has 0 aliphatic carbocycles. The Morgan fingerprint density at radius 3 is 2.89 bits per heavy atom. The Hall–Kier alpha value is -0.840. The van der Waals surface area contributed by atoms with Gasteiger partial charge in [-0.1, -0.05) is 11.6 Å². The first kappa shape index (κ1) is 12.2. The Labute approximate surface area is 118 Å². The minimum Gasteiger partial charge on any atom is -0.484 e. The molecule has 1 unspecified atom stereocenters. The van der Waals surface area contributed by atoms with Crippen molar-refractivity contribution in [1.82, 2.24) is 0 Å². The summed E-state index contributed by atoms with van der Waals surface area (Å²) in [7, 11) is 0. The summed E-state index contributed by atoms with van der Waals surface area (Å²) in [6, 6.07) is 10.0. The number of benzene rings is 1. The van der Waals surface area contributed by atoms with E-state index in [2.05, 4.69) is 15.9 Å². The number of rotatable bonds is 1. The molecule has 0 fully saturated rings. The van der Waals surface area contributed by atoms with Gasteiger partial charge in [0.25, 0.3) is 0 Å². The topological polar surface area (TPSA) is 29.5 Å². The van der Waals surface area contributed by atoms with Crippen molar-refractivity contribution in [3.63, 3.8) is 0 Å². The van der Waals surface area contributed by atoms with E-state index >= 15 is 0 Å². The molecule has 0 spiro atoms. The average Bonchev–Trinajstić information content (AvgIpc) is 2.77. The fourth-order valence-corrected chi connectivity index (χ4v) is 3.71. The summed E-state index contributed by atoms with van der Waals surface area (Å²) in [5, 5.41) is 10.2. The minimum atomic E-state index is -0.445. The van der Waals surface area contributed by atoms with Gasteiger partial charge in [-0.3, -0.25) is 0 Å². The lowest BCUT2D eigenvalue weighted by molar-refractivity contribution is 0.0674. The zero-order valence-electron chi connectivity index (χ0n) is 9.89. The number of aliphatic hydroxyl groups excluding tert-OH is 1. The van der Waals surface area contributed by atoms with Crippen LogP contribution in [-0.2, 0) is 0 Å². The van der Waals surface area contributed by atoms with Gasteiger partial charge in [0, 0.05) is 16.9 Å². The van der Waals surface area contributed by atoms with Crippen LogP contribution in [0.15, 0.2) is 34.1 Å². The maximum absolute atomic E-state index is 10.2.